The normalized spacial score (nSPS) is 24.1. The molecule has 1 aliphatic heterocycles. The van der Waals surface area contributed by atoms with Gasteiger partial charge in [0.05, 0.1) is 34.4 Å². The molecular formula is C33H24ClN3O3. The summed E-state index contributed by atoms with van der Waals surface area (Å²) in [7, 11) is 0. The fourth-order valence-corrected chi connectivity index (χ4v) is 7.17. The molecule has 1 fully saturated rings. The Bertz CT molecular complexity index is 1670. The van der Waals surface area contributed by atoms with Crippen molar-refractivity contribution in [1.82, 2.24) is 5.43 Å². The van der Waals surface area contributed by atoms with Crippen molar-refractivity contribution in [2.24, 2.45) is 16.9 Å². The third-order valence-corrected chi connectivity index (χ3v) is 8.76. The zero-order valence-electron chi connectivity index (χ0n) is 21.3. The van der Waals surface area contributed by atoms with E-state index in [4.69, 9.17) is 11.6 Å². The summed E-state index contributed by atoms with van der Waals surface area (Å²) in [5, 5.41) is 4.79. The number of halogens is 1. The van der Waals surface area contributed by atoms with E-state index >= 15 is 0 Å². The van der Waals surface area contributed by atoms with Gasteiger partial charge in [-0.15, -0.1) is 0 Å². The predicted octanol–water partition coefficient (Wildman–Crippen LogP) is 5.24. The van der Waals surface area contributed by atoms with Crippen LogP contribution in [-0.2, 0) is 26.2 Å². The average Bonchev–Trinajstić information content (AvgIpc) is 3.24. The molecule has 0 unspecified atom stereocenters. The van der Waals surface area contributed by atoms with Crippen LogP contribution in [0, 0.1) is 11.8 Å². The molecule has 0 spiro atoms. The molecule has 7 heteroatoms. The first kappa shape index (κ1) is 24.5. The van der Waals surface area contributed by atoms with Gasteiger partial charge in [-0.05, 0) is 39.9 Å². The lowest BCUT2D eigenvalue weighted by atomic mass is 9.47. The van der Waals surface area contributed by atoms with Gasteiger partial charge in [0.15, 0.2) is 0 Å². The molecule has 1 heterocycles. The summed E-state index contributed by atoms with van der Waals surface area (Å²) in [6, 6.07) is 32.2. The van der Waals surface area contributed by atoms with Crippen LogP contribution in [0.25, 0.3) is 0 Å². The van der Waals surface area contributed by atoms with Gasteiger partial charge in [0.2, 0.25) is 17.7 Å². The molecule has 196 valence electrons. The van der Waals surface area contributed by atoms with Crippen LogP contribution in [-0.4, -0.2) is 23.9 Å². The number of imide groups is 1. The van der Waals surface area contributed by atoms with Gasteiger partial charge in [-0.25, -0.2) is 10.3 Å². The molecule has 1 N–H and O–H groups in total. The topological polar surface area (TPSA) is 78.8 Å². The average molecular weight is 546 g/mol. The highest BCUT2D eigenvalue weighted by molar-refractivity contribution is 6.36. The van der Waals surface area contributed by atoms with Crippen molar-refractivity contribution >= 4 is 41.2 Å². The maximum absolute atomic E-state index is 14.4. The predicted molar refractivity (Wildman–Crippen MR) is 153 cm³/mol. The van der Waals surface area contributed by atoms with E-state index < -0.39 is 17.3 Å². The summed E-state index contributed by atoms with van der Waals surface area (Å²) in [6.07, 6.45) is 1.84. The molecular weight excluding hydrogens is 522 g/mol. The minimum atomic E-state index is -1.06. The van der Waals surface area contributed by atoms with E-state index in [0.29, 0.717) is 10.7 Å². The standard InChI is InChI=1S/C33H24ClN3O3/c34-25-16-8-9-17-26(25)37-31(39)29-28-21-12-4-6-14-23(21)33(30(29)32(37)40,24-15-7-5-13-22(24)28)19-35-36-27(38)18-20-10-2-1-3-11-20/h1-17,19,28-30H,18H2,(H,36,38)/b35-19-/t28?,29-,30+,33?/m1/s1. The summed E-state index contributed by atoms with van der Waals surface area (Å²) in [4.78, 5) is 42.6. The number of carbonyl (C=O) groups excluding carboxylic acids is 3. The molecule has 4 aromatic rings. The van der Waals surface area contributed by atoms with Gasteiger partial charge in [0.25, 0.3) is 0 Å². The molecule has 2 bridgehead atoms. The lowest BCUT2D eigenvalue weighted by molar-refractivity contribution is -0.123. The Kier molecular flexibility index (Phi) is 5.68. The molecule has 0 saturated carbocycles. The van der Waals surface area contributed by atoms with Gasteiger partial charge in [0.1, 0.15) is 0 Å². The van der Waals surface area contributed by atoms with Crippen molar-refractivity contribution in [2.75, 3.05) is 4.90 Å². The van der Waals surface area contributed by atoms with E-state index in [2.05, 4.69) is 10.5 Å². The molecule has 8 rings (SSSR count). The van der Waals surface area contributed by atoms with Crippen LogP contribution in [0.1, 0.15) is 33.7 Å². The van der Waals surface area contributed by atoms with Crippen LogP contribution >= 0.6 is 11.6 Å². The highest BCUT2D eigenvalue weighted by Crippen LogP contribution is 2.63. The quantitative estimate of drug-likeness (QED) is 0.212. The van der Waals surface area contributed by atoms with Crippen molar-refractivity contribution in [3.05, 3.63) is 136 Å². The smallest absolute Gasteiger partial charge is 0.244 e. The lowest BCUT2D eigenvalue weighted by Crippen LogP contribution is -2.54. The van der Waals surface area contributed by atoms with Gasteiger partial charge in [-0.3, -0.25) is 14.4 Å². The molecule has 4 aliphatic rings. The Morgan fingerprint density at radius 1 is 0.825 bits per heavy atom. The Morgan fingerprint density at radius 2 is 1.43 bits per heavy atom. The second kappa shape index (κ2) is 9.28. The van der Waals surface area contributed by atoms with Gasteiger partial charge >= 0.3 is 0 Å². The number of para-hydroxylation sites is 1. The van der Waals surface area contributed by atoms with E-state index in [1.807, 2.05) is 78.9 Å². The number of hydrazone groups is 1. The van der Waals surface area contributed by atoms with Crippen LogP contribution in [0.4, 0.5) is 5.69 Å². The number of rotatable bonds is 5. The first-order chi connectivity index (χ1) is 19.5. The Labute approximate surface area is 236 Å². The van der Waals surface area contributed by atoms with Gasteiger partial charge in [0, 0.05) is 12.1 Å². The number of benzene rings is 4. The number of amides is 3. The number of hydrogen-bond acceptors (Lipinski definition) is 4. The second-order valence-electron chi connectivity index (χ2n) is 10.4. The zero-order valence-corrected chi connectivity index (χ0v) is 22.1. The molecule has 40 heavy (non-hydrogen) atoms. The van der Waals surface area contributed by atoms with Crippen molar-refractivity contribution in [3.8, 4) is 0 Å². The maximum Gasteiger partial charge on any atom is 0.244 e. The van der Waals surface area contributed by atoms with Crippen LogP contribution in [0.5, 0.6) is 0 Å². The number of carbonyl (C=O) groups is 3. The Balaban J connectivity index is 1.37. The van der Waals surface area contributed by atoms with Crippen LogP contribution in [0.2, 0.25) is 5.02 Å². The first-order valence-electron chi connectivity index (χ1n) is 13.2. The first-order valence-corrected chi connectivity index (χ1v) is 13.6. The van der Waals surface area contributed by atoms with Crippen molar-refractivity contribution in [3.63, 3.8) is 0 Å². The fraction of sp³-hybridized carbons (Fsp3) is 0.152. The summed E-state index contributed by atoms with van der Waals surface area (Å²) >= 11 is 6.50. The third kappa shape index (κ3) is 3.42. The molecule has 3 amide bonds. The highest BCUT2D eigenvalue weighted by atomic mass is 35.5. The SMILES string of the molecule is O=C(Cc1ccccc1)N/N=C\C12c3ccccc3C(c3ccccc31)[C@H]1C(=O)N(c3ccccc3Cl)C(=O)[C@H]12. The maximum atomic E-state index is 14.4. The molecule has 0 radical (unpaired) electrons. The second-order valence-corrected chi connectivity index (χ2v) is 10.9. The van der Waals surface area contributed by atoms with Crippen LogP contribution in [0.15, 0.2) is 108 Å². The minimum absolute atomic E-state index is 0.171. The monoisotopic (exact) mass is 545 g/mol. The zero-order chi connectivity index (χ0) is 27.4. The molecule has 6 nitrogen and oxygen atoms in total. The summed E-state index contributed by atoms with van der Waals surface area (Å²) in [5.74, 6) is -2.54. The van der Waals surface area contributed by atoms with Gasteiger partial charge < -0.3 is 0 Å². The Morgan fingerprint density at radius 3 is 2.10 bits per heavy atom. The molecule has 1 saturated heterocycles. The minimum Gasteiger partial charge on any atom is -0.274 e. The summed E-state index contributed by atoms with van der Waals surface area (Å²) < 4.78 is 0. The largest absolute Gasteiger partial charge is 0.274 e. The molecule has 3 aliphatic carbocycles. The van der Waals surface area contributed by atoms with Crippen LogP contribution < -0.4 is 10.3 Å². The number of nitrogens with zero attached hydrogens (tertiary/aromatic N) is 2. The number of nitrogens with one attached hydrogen (secondary N) is 1. The summed E-state index contributed by atoms with van der Waals surface area (Å²) in [6.45, 7) is 0. The highest BCUT2D eigenvalue weighted by Gasteiger charge is 2.68. The van der Waals surface area contributed by atoms with Gasteiger partial charge in [-0.1, -0.05) is 103 Å². The van der Waals surface area contributed by atoms with E-state index in [1.165, 1.54) is 4.90 Å². The van der Waals surface area contributed by atoms with E-state index in [-0.39, 0.29) is 30.1 Å². The van der Waals surface area contributed by atoms with E-state index in [0.717, 1.165) is 27.8 Å². The van der Waals surface area contributed by atoms with E-state index in [9.17, 15) is 14.4 Å². The number of hydrogen-bond donors (Lipinski definition) is 1. The number of anilines is 1. The Hall–Kier alpha value is -4.55. The fourth-order valence-electron chi connectivity index (χ4n) is 6.95. The molecule has 4 aromatic carbocycles. The van der Waals surface area contributed by atoms with E-state index in [1.54, 1.807) is 30.5 Å². The molecule has 2 atom stereocenters. The van der Waals surface area contributed by atoms with Gasteiger partial charge in [-0.2, -0.15) is 5.10 Å². The van der Waals surface area contributed by atoms with Crippen molar-refractivity contribution in [1.29, 1.82) is 0 Å². The lowest BCUT2D eigenvalue weighted by Gasteiger charge is -2.52. The third-order valence-electron chi connectivity index (χ3n) is 8.44. The molecule has 0 aromatic heterocycles. The van der Waals surface area contributed by atoms with Crippen molar-refractivity contribution < 1.29 is 14.4 Å². The van der Waals surface area contributed by atoms with Crippen molar-refractivity contribution in [2.45, 2.75) is 17.8 Å². The summed E-state index contributed by atoms with van der Waals surface area (Å²) in [5.41, 5.74) is 6.69. The van der Waals surface area contributed by atoms with Crippen LogP contribution in [0.3, 0.4) is 0 Å².